The van der Waals surface area contributed by atoms with E-state index in [4.69, 9.17) is 4.42 Å². The van der Waals surface area contributed by atoms with E-state index in [1.165, 1.54) is 32.5 Å². The Morgan fingerprint density at radius 2 is 1.90 bits per heavy atom. The number of rotatable bonds is 7. The predicted octanol–water partition coefficient (Wildman–Crippen LogP) is 2.55. The first-order valence-corrected chi connectivity index (χ1v) is 8.21. The third kappa shape index (κ3) is 5.81. The number of furan rings is 1. The Morgan fingerprint density at radius 1 is 1.24 bits per heavy atom. The van der Waals surface area contributed by atoms with Gasteiger partial charge >= 0.3 is 0 Å². The molecule has 2 rings (SSSR count). The zero-order valence-electron chi connectivity index (χ0n) is 14.1. The maximum Gasteiger partial charge on any atom is 0.118 e. The van der Waals surface area contributed by atoms with Gasteiger partial charge in [0.05, 0.1) is 13.1 Å². The van der Waals surface area contributed by atoms with Gasteiger partial charge in [-0.1, -0.05) is 13.8 Å². The SMILES string of the molecule is CC(C)NCc1ccc(CN2CCC(CN(C)C)CC2)o1. The van der Waals surface area contributed by atoms with Gasteiger partial charge in [-0.3, -0.25) is 4.90 Å². The number of likely N-dealkylation sites (tertiary alicyclic amines) is 1. The van der Waals surface area contributed by atoms with E-state index in [9.17, 15) is 0 Å². The number of piperidine rings is 1. The Bertz CT molecular complexity index is 406. The minimum atomic E-state index is 0.495. The molecule has 0 aliphatic carbocycles. The number of hydrogen-bond acceptors (Lipinski definition) is 4. The highest BCUT2D eigenvalue weighted by Crippen LogP contribution is 2.20. The van der Waals surface area contributed by atoms with Gasteiger partial charge in [-0.15, -0.1) is 0 Å². The van der Waals surface area contributed by atoms with Gasteiger partial charge in [0.1, 0.15) is 11.5 Å². The lowest BCUT2D eigenvalue weighted by Gasteiger charge is -2.32. The first kappa shape index (κ1) is 16.5. The van der Waals surface area contributed by atoms with Crippen molar-refractivity contribution >= 4 is 0 Å². The molecule has 1 N–H and O–H groups in total. The first-order chi connectivity index (χ1) is 10.0. The van der Waals surface area contributed by atoms with E-state index in [0.29, 0.717) is 6.04 Å². The van der Waals surface area contributed by atoms with Crippen molar-refractivity contribution in [3.63, 3.8) is 0 Å². The molecule has 0 saturated carbocycles. The van der Waals surface area contributed by atoms with Crippen LogP contribution in [0.5, 0.6) is 0 Å². The molecule has 1 aromatic rings. The lowest BCUT2D eigenvalue weighted by atomic mass is 9.96. The average Bonchev–Trinajstić information content (AvgIpc) is 2.86. The van der Waals surface area contributed by atoms with E-state index >= 15 is 0 Å². The summed E-state index contributed by atoms with van der Waals surface area (Å²) >= 11 is 0. The van der Waals surface area contributed by atoms with Gasteiger partial charge in [-0.25, -0.2) is 0 Å². The summed E-state index contributed by atoms with van der Waals surface area (Å²) < 4.78 is 5.92. The molecule has 0 aromatic carbocycles. The molecule has 0 amide bonds. The molecule has 4 nitrogen and oxygen atoms in total. The molecule has 0 unspecified atom stereocenters. The maximum atomic E-state index is 5.92. The topological polar surface area (TPSA) is 31.6 Å². The summed E-state index contributed by atoms with van der Waals surface area (Å²) in [7, 11) is 4.34. The second-order valence-electron chi connectivity index (χ2n) is 6.89. The van der Waals surface area contributed by atoms with Crippen LogP contribution in [0.1, 0.15) is 38.2 Å². The van der Waals surface area contributed by atoms with Gasteiger partial charge in [-0.05, 0) is 58.1 Å². The fourth-order valence-electron chi connectivity index (χ4n) is 2.97. The molecule has 1 aliphatic heterocycles. The zero-order chi connectivity index (χ0) is 15.2. The Hall–Kier alpha value is -0.840. The predicted molar refractivity (Wildman–Crippen MR) is 87.2 cm³/mol. The summed E-state index contributed by atoms with van der Waals surface area (Å²) in [6.07, 6.45) is 2.61. The highest BCUT2D eigenvalue weighted by molar-refractivity contribution is 5.07. The smallest absolute Gasteiger partial charge is 0.118 e. The van der Waals surface area contributed by atoms with E-state index in [2.05, 4.69) is 55.2 Å². The third-order valence-corrected chi connectivity index (χ3v) is 4.11. The number of hydrogen-bond donors (Lipinski definition) is 1. The molecule has 0 bridgehead atoms. The summed E-state index contributed by atoms with van der Waals surface area (Å²) in [6.45, 7) is 9.69. The highest BCUT2D eigenvalue weighted by Gasteiger charge is 2.20. The van der Waals surface area contributed by atoms with Crippen LogP contribution < -0.4 is 5.32 Å². The fraction of sp³-hybridized carbons (Fsp3) is 0.765. The minimum Gasteiger partial charge on any atom is -0.463 e. The molecule has 120 valence electrons. The Balaban J connectivity index is 1.73. The molecule has 4 heteroatoms. The number of nitrogens with zero attached hydrogens (tertiary/aromatic N) is 2. The van der Waals surface area contributed by atoms with Gasteiger partial charge in [0.25, 0.3) is 0 Å². The van der Waals surface area contributed by atoms with Crippen LogP contribution in [-0.4, -0.2) is 49.6 Å². The van der Waals surface area contributed by atoms with Crippen LogP contribution in [-0.2, 0) is 13.1 Å². The lowest BCUT2D eigenvalue weighted by Crippen LogP contribution is -2.36. The molecule has 1 fully saturated rings. The Morgan fingerprint density at radius 3 is 2.52 bits per heavy atom. The molecule has 0 spiro atoms. The van der Waals surface area contributed by atoms with Crippen molar-refractivity contribution in [2.24, 2.45) is 5.92 Å². The van der Waals surface area contributed by atoms with Crippen molar-refractivity contribution < 1.29 is 4.42 Å². The van der Waals surface area contributed by atoms with Crippen molar-refractivity contribution in [3.05, 3.63) is 23.7 Å². The molecule has 0 radical (unpaired) electrons. The largest absolute Gasteiger partial charge is 0.463 e. The van der Waals surface area contributed by atoms with Crippen LogP contribution in [0.4, 0.5) is 0 Å². The van der Waals surface area contributed by atoms with Crippen LogP contribution in [0.2, 0.25) is 0 Å². The van der Waals surface area contributed by atoms with Crippen molar-refractivity contribution in [1.29, 1.82) is 0 Å². The van der Waals surface area contributed by atoms with Crippen molar-refractivity contribution in [1.82, 2.24) is 15.1 Å². The van der Waals surface area contributed by atoms with Gasteiger partial charge < -0.3 is 14.6 Å². The molecule has 2 heterocycles. The van der Waals surface area contributed by atoms with Gasteiger partial charge in [0, 0.05) is 12.6 Å². The summed E-state index contributed by atoms with van der Waals surface area (Å²) in [6, 6.07) is 4.72. The maximum absolute atomic E-state index is 5.92. The van der Waals surface area contributed by atoms with E-state index in [1.807, 2.05) is 0 Å². The quantitative estimate of drug-likeness (QED) is 0.837. The third-order valence-electron chi connectivity index (χ3n) is 4.11. The first-order valence-electron chi connectivity index (χ1n) is 8.21. The van der Waals surface area contributed by atoms with E-state index < -0.39 is 0 Å². The monoisotopic (exact) mass is 293 g/mol. The van der Waals surface area contributed by atoms with Crippen LogP contribution in [0, 0.1) is 5.92 Å². The van der Waals surface area contributed by atoms with Crippen molar-refractivity contribution in [2.45, 2.75) is 45.8 Å². The van der Waals surface area contributed by atoms with E-state index in [0.717, 1.165) is 30.5 Å². The summed E-state index contributed by atoms with van der Waals surface area (Å²) in [5, 5.41) is 3.39. The second-order valence-corrected chi connectivity index (χ2v) is 6.89. The molecule has 1 saturated heterocycles. The second kappa shape index (κ2) is 7.97. The molecule has 21 heavy (non-hydrogen) atoms. The molecular formula is C17H31N3O. The summed E-state index contributed by atoms with van der Waals surface area (Å²) in [5.74, 6) is 3.00. The van der Waals surface area contributed by atoms with Gasteiger partial charge in [0.15, 0.2) is 0 Å². The minimum absolute atomic E-state index is 0.495. The van der Waals surface area contributed by atoms with Crippen LogP contribution >= 0.6 is 0 Å². The Kier molecular flexibility index (Phi) is 6.27. The van der Waals surface area contributed by atoms with Crippen molar-refractivity contribution in [3.8, 4) is 0 Å². The summed E-state index contributed by atoms with van der Waals surface area (Å²) in [4.78, 5) is 4.82. The van der Waals surface area contributed by atoms with E-state index in [1.54, 1.807) is 0 Å². The molecule has 1 aliphatic rings. The van der Waals surface area contributed by atoms with Crippen LogP contribution in [0.25, 0.3) is 0 Å². The van der Waals surface area contributed by atoms with Crippen molar-refractivity contribution in [2.75, 3.05) is 33.7 Å². The molecular weight excluding hydrogens is 262 g/mol. The Labute approximate surface area is 129 Å². The van der Waals surface area contributed by atoms with Crippen LogP contribution in [0.3, 0.4) is 0 Å². The molecule has 1 aromatic heterocycles. The lowest BCUT2D eigenvalue weighted by molar-refractivity contribution is 0.148. The zero-order valence-corrected chi connectivity index (χ0v) is 14.1. The average molecular weight is 293 g/mol. The highest BCUT2D eigenvalue weighted by atomic mass is 16.3. The fourth-order valence-corrected chi connectivity index (χ4v) is 2.97. The van der Waals surface area contributed by atoms with E-state index in [-0.39, 0.29) is 0 Å². The molecule has 0 atom stereocenters. The normalized spacial score (nSPS) is 18.0. The van der Waals surface area contributed by atoms with Gasteiger partial charge in [-0.2, -0.15) is 0 Å². The number of nitrogens with one attached hydrogen (secondary N) is 1. The van der Waals surface area contributed by atoms with Crippen LogP contribution in [0.15, 0.2) is 16.5 Å². The standard InChI is InChI=1S/C17H31N3O/c1-14(2)18-11-16-5-6-17(21-16)13-20-9-7-15(8-10-20)12-19(3)4/h5-6,14-15,18H,7-13H2,1-4H3. The summed E-state index contributed by atoms with van der Waals surface area (Å²) in [5.41, 5.74) is 0. The van der Waals surface area contributed by atoms with Gasteiger partial charge in [0.2, 0.25) is 0 Å².